The van der Waals surface area contributed by atoms with Crippen LogP contribution in [0, 0.1) is 55.4 Å². The van der Waals surface area contributed by atoms with Crippen LogP contribution in [0.15, 0.2) is 48.5 Å². The molecular weight excluding hydrogens is 520 g/mol. The number of aromatic hydroxyl groups is 4. The Morgan fingerprint density at radius 1 is 0.476 bits per heavy atom. The quantitative estimate of drug-likeness (QED) is 0.171. The Balaban J connectivity index is 1.95. The Morgan fingerprint density at radius 2 is 0.738 bits per heavy atom. The molecular formula is C38H46O4. The van der Waals surface area contributed by atoms with Crippen molar-refractivity contribution in [2.75, 3.05) is 0 Å². The molecule has 0 bridgehead atoms. The van der Waals surface area contributed by atoms with Gasteiger partial charge in [0.1, 0.15) is 23.0 Å². The molecule has 4 aromatic carbocycles. The molecule has 0 amide bonds. The van der Waals surface area contributed by atoms with Crippen LogP contribution in [0.4, 0.5) is 0 Å². The second-order valence-electron chi connectivity index (χ2n) is 12.5. The summed E-state index contributed by atoms with van der Waals surface area (Å²) in [6, 6.07) is 16.8. The van der Waals surface area contributed by atoms with Gasteiger partial charge in [-0.3, -0.25) is 0 Å². The lowest BCUT2D eigenvalue weighted by atomic mass is 9.66. The largest absolute Gasteiger partial charge is 0.507 e. The van der Waals surface area contributed by atoms with Gasteiger partial charge in [-0.25, -0.2) is 0 Å². The topological polar surface area (TPSA) is 80.9 Å². The molecule has 0 aromatic heterocycles. The van der Waals surface area contributed by atoms with Crippen LogP contribution in [0.25, 0.3) is 0 Å². The predicted molar refractivity (Wildman–Crippen MR) is 172 cm³/mol. The smallest absolute Gasteiger partial charge is 0.121 e. The molecule has 0 aliphatic carbocycles. The third kappa shape index (κ3) is 5.60. The molecule has 4 nitrogen and oxygen atoms in total. The highest BCUT2D eigenvalue weighted by Crippen LogP contribution is 2.47. The number of phenolic OH excluding ortho intramolecular Hbond substituents is 4. The maximum absolute atomic E-state index is 10.7. The fraction of sp³-hybridized carbons (Fsp3) is 0.368. The molecule has 0 spiro atoms. The van der Waals surface area contributed by atoms with E-state index in [9.17, 15) is 20.4 Å². The summed E-state index contributed by atoms with van der Waals surface area (Å²) in [5.41, 5.74) is 11.0. The molecule has 0 radical (unpaired) electrons. The van der Waals surface area contributed by atoms with Gasteiger partial charge in [-0.05, 0) is 141 Å². The number of hydrogen-bond donors (Lipinski definition) is 4. The number of rotatable bonds is 8. The summed E-state index contributed by atoms with van der Waals surface area (Å²) in [5, 5.41) is 42.5. The monoisotopic (exact) mass is 566 g/mol. The van der Waals surface area contributed by atoms with E-state index in [4.69, 9.17) is 0 Å². The van der Waals surface area contributed by atoms with Gasteiger partial charge in [0.05, 0.1) is 0 Å². The molecule has 0 saturated heterocycles. The summed E-state index contributed by atoms with van der Waals surface area (Å²) < 4.78 is 0. The van der Waals surface area contributed by atoms with Crippen molar-refractivity contribution in [2.24, 2.45) is 0 Å². The van der Waals surface area contributed by atoms with E-state index in [1.807, 2.05) is 55.4 Å². The van der Waals surface area contributed by atoms with Gasteiger partial charge in [0, 0.05) is 11.3 Å². The van der Waals surface area contributed by atoms with Gasteiger partial charge in [-0.15, -0.1) is 0 Å². The van der Waals surface area contributed by atoms with Crippen molar-refractivity contribution in [3.05, 3.63) is 115 Å². The average Bonchev–Trinajstić information content (AvgIpc) is 2.93. The van der Waals surface area contributed by atoms with Crippen molar-refractivity contribution < 1.29 is 20.4 Å². The zero-order chi connectivity index (χ0) is 31.1. The maximum Gasteiger partial charge on any atom is 0.121 e. The highest BCUT2D eigenvalue weighted by atomic mass is 16.3. The lowest BCUT2D eigenvalue weighted by molar-refractivity contribution is 0.420. The summed E-state index contributed by atoms with van der Waals surface area (Å²) in [7, 11) is 0. The Bertz CT molecular complexity index is 1440. The van der Waals surface area contributed by atoms with E-state index in [-0.39, 0.29) is 11.3 Å². The first kappa shape index (κ1) is 31.0. The van der Waals surface area contributed by atoms with Crippen LogP contribution in [0.2, 0.25) is 0 Å². The third-order valence-electron chi connectivity index (χ3n) is 9.38. The van der Waals surface area contributed by atoms with Crippen molar-refractivity contribution in [1.82, 2.24) is 0 Å². The zero-order valence-electron chi connectivity index (χ0n) is 26.6. The van der Waals surface area contributed by atoms with Gasteiger partial charge >= 0.3 is 0 Å². The first-order chi connectivity index (χ1) is 19.7. The predicted octanol–water partition coefficient (Wildman–Crippen LogP) is 9.28. The minimum Gasteiger partial charge on any atom is -0.507 e. The molecule has 4 N–H and O–H groups in total. The summed E-state index contributed by atoms with van der Waals surface area (Å²) in [4.78, 5) is 0. The number of phenols is 4. The molecule has 0 saturated carbocycles. The molecule has 0 aliphatic rings. The maximum atomic E-state index is 10.7. The minimum atomic E-state index is -0.382. The van der Waals surface area contributed by atoms with Crippen LogP contribution >= 0.6 is 0 Å². The zero-order valence-corrected chi connectivity index (χ0v) is 26.6. The second kappa shape index (κ2) is 11.8. The van der Waals surface area contributed by atoms with Crippen molar-refractivity contribution in [3.8, 4) is 23.0 Å². The molecule has 4 rings (SSSR count). The van der Waals surface area contributed by atoms with Gasteiger partial charge in [0.25, 0.3) is 0 Å². The van der Waals surface area contributed by atoms with Crippen molar-refractivity contribution in [3.63, 3.8) is 0 Å². The van der Waals surface area contributed by atoms with Crippen molar-refractivity contribution in [1.29, 1.82) is 0 Å². The normalized spacial score (nSPS) is 11.9. The molecule has 0 atom stereocenters. The summed E-state index contributed by atoms with van der Waals surface area (Å²) in [6.45, 7) is 17.8. The van der Waals surface area contributed by atoms with Crippen LogP contribution in [0.3, 0.4) is 0 Å². The minimum absolute atomic E-state index is 0.0190. The Kier molecular flexibility index (Phi) is 8.68. The van der Waals surface area contributed by atoms with Crippen LogP contribution in [-0.4, -0.2) is 20.4 Å². The van der Waals surface area contributed by atoms with E-state index in [2.05, 4.69) is 55.5 Å². The summed E-state index contributed by atoms with van der Waals surface area (Å²) in [5.74, 6) is 1.31. The van der Waals surface area contributed by atoms with Gasteiger partial charge in [-0.2, -0.15) is 0 Å². The number of aryl methyl sites for hydroxylation is 8. The van der Waals surface area contributed by atoms with Crippen LogP contribution < -0.4 is 0 Å². The molecule has 0 aliphatic heterocycles. The van der Waals surface area contributed by atoms with Crippen molar-refractivity contribution >= 4 is 0 Å². The van der Waals surface area contributed by atoms with Crippen LogP contribution in [0.1, 0.15) is 98.9 Å². The van der Waals surface area contributed by atoms with Crippen molar-refractivity contribution in [2.45, 2.75) is 92.9 Å². The average molecular weight is 567 g/mol. The first-order valence-corrected chi connectivity index (χ1v) is 14.9. The fourth-order valence-electron chi connectivity index (χ4n) is 6.80. The molecule has 4 heteroatoms. The lowest BCUT2D eigenvalue weighted by Gasteiger charge is -2.37. The highest BCUT2D eigenvalue weighted by molar-refractivity contribution is 5.53. The molecule has 0 fully saturated rings. The molecule has 0 unspecified atom stereocenters. The fourth-order valence-corrected chi connectivity index (χ4v) is 6.80. The molecule has 4 aromatic rings. The van der Waals surface area contributed by atoms with E-state index < -0.39 is 0 Å². The Morgan fingerprint density at radius 3 is 1.00 bits per heavy atom. The summed E-state index contributed by atoms with van der Waals surface area (Å²) in [6.07, 6.45) is 2.44. The van der Waals surface area contributed by atoms with Gasteiger partial charge in [0.15, 0.2) is 0 Å². The van der Waals surface area contributed by atoms with E-state index in [1.165, 1.54) is 0 Å². The van der Waals surface area contributed by atoms with Crippen LogP contribution in [-0.2, 0) is 5.41 Å². The van der Waals surface area contributed by atoms with Gasteiger partial charge < -0.3 is 20.4 Å². The number of benzene rings is 4. The van der Waals surface area contributed by atoms with Crippen LogP contribution in [0.5, 0.6) is 23.0 Å². The number of hydrogen-bond acceptors (Lipinski definition) is 4. The Hall–Kier alpha value is -3.92. The van der Waals surface area contributed by atoms with E-state index in [0.29, 0.717) is 23.0 Å². The SMILES string of the molecule is CCC(CCC(c1cc(C)c(O)c(C)c1)c1cc(C)c(O)c(C)c1)(c1cc(C)c(O)c(C)c1)c1cc(C)c(O)c(C)c1. The second-order valence-corrected chi connectivity index (χ2v) is 12.5. The molecule has 222 valence electrons. The third-order valence-corrected chi connectivity index (χ3v) is 9.38. The lowest BCUT2D eigenvalue weighted by Crippen LogP contribution is -2.28. The van der Waals surface area contributed by atoms with Gasteiger partial charge in [0.2, 0.25) is 0 Å². The van der Waals surface area contributed by atoms with E-state index >= 15 is 0 Å². The van der Waals surface area contributed by atoms with E-state index in [0.717, 1.165) is 86.0 Å². The first-order valence-electron chi connectivity index (χ1n) is 14.9. The Labute approximate surface area is 251 Å². The summed E-state index contributed by atoms with van der Waals surface area (Å²) >= 11 is 0. The van der Waals surface area contributed by atoms with Gasteiger partial charge in [-0.1, -0.05) is 55.5 Å². The molecule has 42 heavy (non-hydrogen) atoms. The van der Waals surface area contributed by atoms with E-state index in [1.54, 1.807) is 0 Å². The standard InChI is InChI=1S/C38H46O4/c1-10-38(31-17-25(6)36(41)26(7)18-31,32-19-27(8)37(42)28(9)20-32)12-11-33(29-13-21(2)34(39)22(3)14-29)30-15-23(4)35(40)24(5)16-30/h13-20,33,39-42H,10-12H2,1-9H3. The molecule has 0 heterocycles. The highest BCUT2D eigenvalue weighted by Gasteiger charge is 2.35.